The van der Waals surface area contributed by atoms with E-state index in [4.69, 9.17) is 0 Å². The number of nitrogens with one attached hydrogen (secondary N) is 1. The summed E-state index contributed by atoms with van der Waals surface area (Å²) < 4.78 is 23.0. The van der Waals surface area contributed by atoms with Crippen LogP contribution in [0.1, 0.15) is 27.7 Å². The summed E-state index contributed by atoms with van der Waals surface area (Å²) in [6.07, 6.45) is 0. The number of sulfone groups is 1. The van der Waals surface area contributed by atoms with Crippen molar-refractivity contribution in [2.24, 2.45) is 5.92 Å². The van der Waals surface area contributed by atoms with E-state index in [1.165, 1.54) is 0 Å². The van der Waals surface area contributed by atoms with Gasteiger partial charge in [0.1, 0.15) is 0 Å². The fourth-order valence-corrected chi connectivity index (χ4v) is 2.43. The molecular weight excluding hydrogens is 278 g/mol. The Morgan fingerprint density at radius 3 is 2.13 bits per heavy atom. The molecular formula is C10H22BrNO2S. The van der Waals surface area contributed by atoms with Crippen LogP contribution in [0.3, 0.4) is 0 Å². The van der Waals surface area contributed by atoms with Crippen LogP contribution in [0.15, 0.2) is 0 Å². The third kappa shape index (κ3) is 5.88. The molecule has 5 heteroatoms. The normalized spacial score (nSPS) is 16.7. The second-order valence-corrected chi connectivity index (χ2v) is 7.61. The molecule has 0 aromatic heterocycles. The van der Waals surface area contributed by atoms with E-state index in [-0.39, 0.29) is 11.0 Å². The maximum absolute atomic E-state index is 11.5. The quantitative estimate of drug-likeness (QED) is 0.730. The first-order valence-electron chi connectivity index (χ1n) is 5.32. The summed E-state index contributed by atoms with van der Waals surface area (Å²) in [5.74, 6) is 0.732. The Kier molecular flexibility index (Phi) is 7.04. The number of halogens is 1. The highest BCUT2D eigenvalue weighted by Crippen LogP contribution is 2.06. The minimum Gasteiger partial charge on any atom is -0.313 e. The van der Waals surface area contributed by atoms with Crippen LogP contribution >= 0.6 is 15.9 Å². The van der Waals surface area contributed by atoms with E-state index >= 15 is 0 Å². The van der Waals surface area contributed by atoms with Crippen LogP contribution in [0.25, 0.3) is 0 Å². The van der Waals surface area contributed by atoms with Crippen LogP contribution in [0.5, 0.6) is 0 Å². The molecule has 3 nitrogen and oxygen atoms in total. The molecule has 0 radical (unpaired) electrons. The van der Waals surface area contributed by atoms with Crippen LogP contribution in [0.2, 0.25) is 0 Å². The molecule has 15 heavy (non-hydrogen) atoms. The van der Waals surface area contributed by atoms with Crippen molar-refractivity contribution in [1.29, 1.82) is 0 Å². The third-order valence-corrected chi connectivity index (χ3v) is 5.90. The van der Waals surface area contributed by atoms with Crippen molar-refractivity contribution < 1.29 is 8.42 Å². The van der Waals surface area contributed by atoms with Gasteiger partial charge in [-0.25, -0.2) is 8.42 Å². The van der Waals surface area contributed by atoms with Gasteiger partial charge in [0.15, 0.2) is 9.84 Å². The minimum absolute atomic E-state index is 0.226. The van der Waals surface area contributed by atoms with E-state index in [1.54, 1.807) is 13.8 Å². The van der Waals surface area contributed by atoms with Crippen molar-refractivity contribution in [2.45, 2.75) is 39.0 Å². The lowest BCUT2D eigenvalue weighted by Gasteiger charge is -2.19. The van der Waals surface area contributed by atoms with Gasteiger partial charge in [0.2, 0.25) is 0 Å². The summed E-state index contributed by atoms with van der Waals surface area (Å²) in [5, 5.41) is 3.89. The topological polar surface area (TPSA) is 46.2 Å². The molecule has 0 saturated heterocycles. The second-order valence-electron chi connectivity index (χ2n) is 4.29. The van der Waals surface area contributed by atoms with E-state index in [0.717, 1.165) is 5.33 Å². The second kappa shape index (κ2) is 6.86. The van der Waals surface area contributed by atoms with Gasteiger partial charge in [-0.3, -0.25) is 0 Å². The standard InChI is InChI=1S/C10H22BrNO2S/c1-8(2)15(13,14)6-5-12-10(4)9(3)7-11/h8-10,12H,5-7H2,1-4H3. The summed E-state index contributed by atoms with van der Waals surface area (Å²) in [7, 11) is -2.90. The molecule has 0 rings (SSSR count). The van der Waals surface area contributed by atoms with Crippen LogP contribution in [-0.2, 0) is 9.84 Å². The molecule has 1 N–H and O–H groups in total. The zero-order chi connectivity index (χ0) is 12.1. The van der Waals surface area contributed by atoms with Gasteiger partial charge < -0.3 is 5.32 Å². The Labute approximate surface area is 102 Å². The Balaban J connectivity index is 3.90. The highest BCUT2D eigenvalue weighted by Gasteiger charge is 2.16. The summed E-state index contributed by atoms with van der Waals surface area (Å²) in [4.78, 5) is 0. The fourth-order valence-electron chi connectivity index (χ4n) is 0.999. The van der Waals surface area contributed by atoms with Crippen LogP contribution in [0.4, 0.5) is 0 Å². The smallest absolute Gasteiger partial charge is 0.153 e. The summed E-state index contributed by atoms with van der Waals surface area (Å²) in [6, 6.07) is 0.340. The first-order valence-corrected chi connectivity index (χ1v) is 8.16. The third-order valence-electron chi connectivity index (χ3n) is 2.67. The monoisotopic (exact) mass is 299 g/mol. The first-order chi connectivity index (χ1) is 6.81. The number of rotatable bonds is 7. The average molecular weight is 300 g/mol. The van der Waals surface area contributed by atoms with Gasteiger partial charge in [0.05, 0.1) is 11.0 Å². The zero-order valence-electron chi connectivity index (χ0n) is 9.96. The summed E-state index contributed by atoms with van der Waals surface area (Å²) >= 11 is 3.41. The van der Waals surface area contributed by atoms with Gasteiger partial charge in [0, 0.05) is 17.9 Å². The van der Waals surface area contributed by atoms with Crippen molar-refractivity contribution in [2.75, 3.05) is 17.6 Å². The van der Waals surface area contributed by atoms with E-state index in [1.807, 2.05) is 0 Å². The summed E-state index contributed by atoms with van der Waals surface area (Å²) in [5.41, 5.74) is 0. The van der Waals surface area contributed by atoms with Crippen LogP contribution in [-0.4, -0.2) is 37.3 Å². The van der Waals surface area contributed by atoms with Crippen LogP contribution < -0.4 is 5.32 Å². The Morgan fingerprint density at radius 1 is 1.20 bits per heavy atom. The number of alkyl halides is 1. The molecule has 0 heterocycles. The molecule has 2 unspecified atom stereocenters. The maximum atomic E-state index is 11.5. The van der Waals surface area contributed by atoms with Gasteiger partial charge in [-0.05, 0) is 26.7 Å². The Hall–Kier alpha value is 0.390. The minimum atomic E-state index is -2.90. The molecule has 0 spiro atoms. The van der Waals surface area contributed by atoms with Crippen molar-refractivity contribution in [3.63, 3.8) is 0 Å². The molecule has 0 aromatic carbocycles. The predicted octanol–water partition coefficient (Wildman–Crippen LogP) is 1.82. The van der Waals surface area contributed by atoms with Gasteiger partial charge in [-0.15, -0.1) is 0 Å². The molecule has 0 aliphatic heterocycles. The predicted molar refractivity (Wildman–Crippen MR) is 69.3 cm³/mol. The highest BCUT2D eigenvalue weighted by molar-refractivity contribution is 9.09. The molecule has 0 aliphatic carbocycles. The van der Waals surface area contributed by atoms with Gasteiger partial charge in [-0.2, -0.15) is 0 Å². The van der Waals surface area contributed by atoms with E-state index in [9.17, 15) is 8.42 Å². The average Bonchev–Trinajstić information content (AvgIpc) is 2.15. The molecule has 0 aliphatic rings. The lowest BCUT2D eigenvalue weighted by molar-refractivity contribution is 0.444. The van der Waals surface area contributed by atoms with Gasteiger partial charge in [-0.1, -0.05) is 22.9 Å². The van der Waals surface area contributed by atoms with Crippen molar-refractivity contribution >= 4 is 25.8 Å². The van der Waals surface area contributed by atoms with E-state index < -0.39 is 9.84 Å². The molecule has 2 atom stereocenters. The lowest BCUT2D eigenvalue weighted by Crippen LogP contribution is -2.37. The molecule has 0 bridgehead atoms. The molecule has 0 aromatic rings. The fraction of sp³-hybridized carbons (Fsp3) is 1.00. The van der Waals surface area contributed by atoms with Crippen molar-refractivity contribution in [1.82, 2.24) is 5.32 Å². The molecule has 0 fully saturated rings. The highest BCUT2D eigenvalue weighted by atomic mass is 79.9. The number of hydrogen-bond acceptors (Lipinski definition) is 3. The lowest BCUT2D eigenvalue weighted by atomic mass is 10.1. The Morgan fingerprint density at radius 2 is 1.73 bits per heavy atom. The maximum Gasteiger partial charge on any atom is 0.153 e. The molecule has 0 saturated carbocycles. The first kappa shape index (κ1) is 15.4. The van der Waals surface area contributed by atoms with Gasteiger partial charge >= 0.3 is 0 Å². The van der Waals surface area contributed by atoms with E-state index in [2.05, 4.69) is 35.1 Å². The number of hydrogen-bond donors (Lipinski definition) is 1. The SMILES string of the molecule is CC(CBr)C(C)NCCS(=O)(=O)C(C)C. The van der Waals surface area contributed by atoms with E-state index in [0.29, 0.717) is 18.5 Å². The largest absolute Gasteiger partial charge is 0.313 e. The summed E-state index contributed by atoms with van der Waals surface area (Å²) in [6.45, 7) is 8.19. The zero-order valence-corrected chi connectivity index (χ0v) is 12.4. The van der Waals surface area contributed by atoms with Crippen LogP contribution in [0, 0.1) is 5.92 Å². The van der Waals surface area contributed by atoms with Crippen molar-refractivity contribution in [3.8, 4) is 0 Å². The molecule has 92 valence electrons. The molecule has 0 amide bonds. The van der Waals surface area contributed by atoms with Gasteiger partial charge in [0.25, 0.3) is 0 Å². The Bertz CT molecular complexity index is 265. The van der Waals surface area contributed by atoms with Crippen molar-refractivity contribution in [3.05, 3.63) is 0 Å².